The van der Waals surface area contributed by atoms with Gasteiger partial charge in [0.1, 0.15) is 5.75 Å². The number of nitrogens with zero attached hydrogens (tertiary/aromatic N) is 2. The van der Waals surface area contributed by atoms with E-state index in [1.807, 2.05) is 73.4 Å². The number of ether oxygens (including phenoxy) is 1. The van der Waals surface area contributed by atoms with Crippen LogP contribution in [0.25, 0.3) is 6.08 Å². The van der Waals surface area contributed by atoms with Crippen molar-refractivity contribution in [3.05, 3.63) is 71.3 Å². The third-order valence-corrected chi connectivity index (χ3v) is 5.35. The van der Waals surface area contributed by atoms with Crippen LogP contribution in [-0.2, 0) is 9.59 Å². The Bertz CT molecular complexity index is 864. The van der Waals surface area contributed by atoms with Crippen LogP contribution < -0.4 is 4.74 Å². The fourth-order valence-electron chi connectivity index (χ4n) is 3.60. The summed E-state index contributed by atoms with van der Waals surface area (Å²) in [7, 11) is 0. The molecule has 0 unspecified atom stereocenters. The van der Waals surface area contributed by atoms with Crippen molar-refractivity contribution in [3.8, 4) is 5.75 Å². The molecule has 0 spiro atoms. The molecular formula is C25H30N2O3. The van der Waals surface area contributed by atoms with E-state index in [9.17, 15) is 9.59 Å². The minimum absolute atomic E-state index is 0.00653. The smallest absolute Gasteiger partial charge is 0.246 e. The monoisotopic (exact) mass is 406 g/mol. The van der Waals surface area contributed by atoms with Crippen molar-refractivity contribution in [2.45, 2.75) is 26.7 Å². The molecule has 30 heavy (non-hydrogen) atoms. The van der Waals surface area contributed by atoms with Crippen LogP contribution >= 0.6 is 0 Å². The van der Waals surface area contributed by atoms with Crippen LogP contribution in [0, 0.1) is 13.8 Å². The molecule has 2 aromatic rings. The lowest BCUT2D eigenvalue weighted by Crippen LogP contribution is -2.50. The fraction of sp³-hybridized carbons (Fsp3) is 0.360. The quantitative estimate of drug-likeness (QED) is 0.518. The summed E-state index contributed by atoms with van der Waals surface area (Å²) in [4.78, 5) is 28.5. The molecule has 158 valence electrons. The molecule has 3 rings (SSSR count). The Hall–Kier alpha value is -3.08. The number of hydrogen-bond donors (Lipinski definition) is 0. The molecule has 1 saturated heterocycles. The lowest BCUT2D eigenvalue weighted by molar-refractivity contribution is -0.137. The van der Waals surface area contributed by atoms with E-state index in [0.29, 0.717) is 45.6 Å². The topological polar surface area (TPSA) is 49.9 Å². The molecule has 1 aliphatic rings. The second-order valence-corrected chi connectivity index (χ2v) is 7.62. The van der Waals surface area contributed by atoms with Gasteiger partial charge in [-0.2, -0.15) is 0 Å². The van der Waals surface area contributed by atoms with Gasteiger partial charge < -0.3 is 14.5 Å². The molecule has 0 radical (unpaired) electrons. The summed E-state index contributed by atoms with van der Waals surface area (Å²) >= 11 is 0. The molecule has 1 aliphatic heterocycles. The summed E-state index contributed by atoms with van der Waals surface area (Å²) in [5, 5.41) is 0. The molecule has 1 fully saturated rings. The third-order valence-electron chi connectivity index (χ3n) is 5.35. The van der Waals surface area contributed by atoms with Crippen LogP contribution in [0.5, 0.6) is 5.75 Å². The summed E-state index contributed by atoms with van der Waals surface area (Å²) in [6, 6.07) is 15.8. The highest BCUT2D eigenvalue weighted by molar-refractivity contribution is 5.92. The van der Waals surface area contributed by atoms with Gasteiger partial charge in [0.25, 0.3) is 0 Å². The number of carbonyl (C=O) groups excluding carboxylic acids is 2. The second kappa shape index (κ2) is 10.6. The number of carbonyl (C=O) groups is 2. The van der Waals surface area contributed by atoms with E-state index >= 15 is 0 Å². The van der Waals surface area contributed by atoms with Crippen molar-refractivity contribution < 1.29 is 14.3 Å². The summed E-state index contributed by atoms with van der Waals surface area (Å²) in [5.41, 5.74) is 3.23. The number of rotatable bonds is 7. The molecule has 1 heterocycles. The van der Waals surface area contributed by atoms with Gasteiger partial charge in [0.15, 0.2) is 0 Å². The van der Waals surface area contributed by atoms with E-state index in [4.69, 9.17) is 4.74 Å². The van der Waals surface area contributed by atoms with Crippen LogP contribution in [0.3, 0.4) is 0 Å². The van der Waals surface area contributed by atoms with Crippen molar-refractivity contribution in [2.75, 3.05) is 32.8 Å². The van der Waals surface area contributed by atoms with Crippen LogP contribution in [0.4, 0.5) is 0 Å². The van der Waals surface area contributed by atoms with E-state index in [2.05, 4.69) is 0 Å². The Morgan fingerprint density at radius 3 is 2.20 bits per heavy atom. The molecule has 0 atom stereocenters. The molecule has 0 saturated carbocycles. The number of benzene rings is 2. The zero-order chi connectivity index (χ0) is 21.3. The number of piperazine rings is 1. The van der Waals surface area contributed by atoms with E-state index < -0.39 is 0 Å². The largest absolute Gasteiger partial charge is 0.493 e. The number of amides is 2. The van der Waals surface area contributed by atoms with E-state index in [0.717, 1.165) is 22.4 Å². The van der Waals surface area contributed by atoms with Gasteiger partial charge in [-0.3, -0.25) is 9.59 Å². The van der Waals surface area contributed by atoms with Crippen LogP contribution in [0.15, 0.2) is 54.6 Å². The summed E-state index contributed by atoms with van der Waals surface area (Å²) in [6.07, 6.45) is 4.59. The van der Waals surface area contributed by atoms with Crippen molar-refractivity contribution in [1.82, 2.24) is 9.80 Å². The Kier molecular flexibility index (Phi) is 7.66. The zero-order valence-corrected chi connectivity index (χ0v) is 17.8. The highest BCUT2D eigenvalue weighted by atomic mass is 16.5. The normalized spacial score (nSPS) is 14.2. The Labute approximate surface area is 178 Å². The van der Waals surface area contributed by atoms with Gasteiger partial charge in [-0.1, -0.05) is 48.5 Å². The van der Waals surface area contributed by atoms with Crippen LogP contribution in [-0.4, -0.2) is 54.4 Å². The molecule has 0 aliphatic carbocycles. The van der Waals surface area contributed by atoms with Crippen LogP contribution in [0.1, 0.15) is 29.5 Å². The molecular weight excluding hydrogens is 376 g/mol. The van der Waals surface area contributed by atoms with Gasteiger partial charge in [0, 0.05) is 38.7 Å². The first-order chi connectivity index (χ1) is 14.5. The number of aryl methyl sites for hydroxylation is 2. The van der Waals surface area contributed by atoms with Crippen molar-refractivity contribution in [1.29, 1.82) is 0 Å². The first kappa shape index (κ1) is 21.6. The molecule has 0 N–H and O–H groups in total. The summed E-state index contributed by atoms with van der Waals surface area (Å²) in [6.45, 7) is 6.90. The van der Waals surface area contributed by atoms with E-state index in [1.165, 1.54) is 0 Å². The Morgan fingerprint density at radius 2 is 1.53 bits per heavy atom. The lowest BCUT2D eigenvalue weighted by Gasteiger charge is -2.34. The van der Waals surface area contributed by atoms with E-state index in [-0.39, 0.29) is 11.8 Å². The Morgan fingerprint density at radius 1 is 0.900 bits per heavy atom. The third kappa shape index (κ3) is 5.96. The minimum atomic E-state index is -0.00653. The summed E-state index contributed by atoms with van der Waals surface area (Å²) in [5.74, 6) is 1.04. The summed E-state index contributed by atoms with van der Waals surface area (Å²) < 4.78 is 5.89. The molecule has 2 amide bonds. The maximum atomic E-state index is 12.5. The second-order valence-electron chi connectivity index (χ2n) is 7.62. The van der Waals surface area contributed by atoms with Gasteiger partial charge in [-0.15, -0.1) is 0 Å². The lowest BCUT2D eigenvalue weighted by atomic mass is 10.1. The minimum Gasteiger partial charge on any atom is -0.493 e. The van der Waals surface area contributed by atoms with Gasteiger partial charge >= 0.3 is 0 Å². The van der Waals surface area contributed by atoms with Gasteiger partial charge in [0.05, 0.1) is 6.61 Å². The number of hydrogen-bond acceptors (Lipinski definition) is 3. The molecule has 0 bridgehead atoms. The predicted octanol–water partition coefficient (Wildman–Crippen LogP) is 3.85. The SMILES string of the molecule is Cc1cccc(C)c1OCCCC(=O)N1CCN(C(=O)/C=C/c2ccccc2)CC1. The van der Waals surface area contributed by atoms with Crippen LogP contribution in [0.2, 0.25) is 0 Å². The molecule has 5 nitrogen and oxygen atoms in total. The highest BCUT2D eigenvalue weighted by Gasteiger charge is 2.22. The van der Waals surface area contributed by atoms with Gasteiger partial charge in [0.2, 0.25) is 11.8 Å². The zero-order valence-electron chi connectivity index (χ0n) is 17.8. The first-order valence-corrected chi connectivity index (χ1v) is 10.5. The molecule has 5 heteroatoms. The number of para-hydroxylation sites is 1. The van der Waals surface area contributed by atoms with E-state index in [1.54, 1.807) is 11.0 Å². The van der Waals surface area contributed by atoms with Gasteiger partial charge in [-0.05, 0) is 43.0 Å². The fourth-order valence-corrected chi connectivity index (χ4v) is 3.60. The van der Waals surface area contributed by atoms with Crippen molar-refractivity contribution in [3.63, 3.8) is 0 Å². The average molecular weight is 407 g/mol. The van der Waals surface area contributed by atoms with Crippen molar-refractivity contribution >= 4 is 17.9 Å². The Balaban J connectivity index is 1.37. The maximum Gasteiger partial charge on any atom is 0.246 e. The standard InChI is InChI=1S/C25H30N2O3/c1-20-8-6-9-21(2)25(20)30-19-7-12-23(28)26-15-17-27(18-16-26)24(29)14-13-22-10-4-3-5-11-22/h3-6,8-11,13-14H,7,12,15-19H2,1-2H3/b14-13+. The van der Waals surface area contributed by atoms with Crippen molar-refractivity contribution in [2.24, 2.45) is 0 Å². The highest BCUT2D eigenvalue weighted by Crippen LogP contribution is 2.22. The molecule has 0 aromatic heterocycles. The maximum absolute atomic E-state index is 12.5. The van der Waals surface area contributed by atoms with Gasteiger partial charge in [-0.25, -0.2) is 0 Å². The molecule has 2 aromatic carbocycles. The predicted molar refractivity (Wildman–Crippen MR) is 119 cm³/mol. The average Bonchev–Trinajstić information content (AvgIpc) is 2.77. The first-order valence-electron chi connectivity index (χ1n) is 10.5.